The Hall–Kier alpha value is -2.99. The summed E-state index contributed by atoms with van der Waals surface area (Å²) in [7, 11) is 0. The first-order valence-corrected chi connectivity index (χ1v) is 8.72. The highest BCUT2D eigenvalue weighted by molar-refractivity contribution is 7.17. The maximum absolute atomic E-state index is 12.3. The number of fused-ring (bicyclic) bond motifs is 1. The van der Waals surface area contributed by atoms with Crippen molar-refractivity contribution in [2.24, 2.45) is 0 Å². The van der Waals surface area contributed by atoms with Crippen molar-refractivity contribution in [2.45, 2.75) is 0 Å². The van der Waals surface area contributed by atoms with Crippen LogP contribution < -0.4 is 20.3 Å². The molecular weight excluding hydrogens is 336 g/mol. The Labute approximate surface area is 149 Å². The molecule has 0 spiro atoms. The lowest BCUT2D eigenvalue weighted by Crippen LogP contribution is -2.28. The summed E-state index contributed by atoms with van der Waals surface area (Å²) in [4.78, 5) is 13.9. The molecule has 2 aromatic carbocycles. The molecule has 6 heteroatoms. The molecule has 0 aliphatic carbocycles. The molecule has 2 heterocycles. The summed E-state index contributed by atoms with van der Waals surface area (Å²) < 4.78 is 11.2. The molecule has 1 aliphatic rings. The summed E-state index contributed by atoms with van der Waals surface area (Å²) in [5, 5.41) is 0. The number of nitrogens with one attached hydrogen (secondary N) is 2. The van der Waals surface area contributed by atoms with Gasteiger partial charge in [-0.3, -0.25) is 15.6 Å². The third kappa shape index (κ3) is 3.44. The monoisotopic (exact) mass is 352 g/mol. The predicted octanol–water partition coefficient (Wildman–Crippen LogP) is 3.94. The summed E-state index contributed by atoms with van der Waals surface area (Å²) >= 11 is 1.43. The molecule has 126 valence electrons. The average Bonchev–Trinajstić information content (AvgIpc) is 3.17. The molecule has 25 heavy (non-hydrogen) atoms. The first-order valence-electron chi connectivity index (χ1n) is 7.91. The minimum absolute atomic E-state index is 0.169. The van der Waals surface area contributed by atoms with Crippen LogP contribution in [0.5, 0.6) is 11.5 Å². The van der Waals surface area contributed by atoms with Crippen LogP contribution in [-0.4, -0.2) is 19.1 Å². The van der Waals surface area contributed by atoms with E-state index in [1.807, 2.05) is 60.7 Å². The fourth-order valence-corrected chi connectivity index (χ4v) is 3.42. The van der Waals surface area contributed by atoms with E-state index in [2.05, 4.69) is 10.9 Å². The quantitative estimate of drug-likeness (QED) is 0.698. The Morgan fingerprint density at radius 3 is 2.56 bits per heavy atom. The molecule has 0 saturated heterocycles. The number of benzene rings is 2. The minimum Gasteiger partial charge on any atom is -0.486 e. The van der Waals surface area contributed by atoms with Gasteiger partial charge >= 0.3 is 0 Å². The van der Waals surface area contributed by atoms with Crippen LogP contribution in [0.25, 0.3) is 10.4 Å². The number of rotatable bonds is 4. The zero-order chi connectivity index (χ0) is 17.1. The molecule has 4 rings (SSSR count). The maximum atomic E-state index is 12.3. The first-order chi connectivity index (χ1) is 12.3. The van der Waals surface area contributed by atoms with Crippen LogP contribution in [0.15, 0.2) is 60.7 Å². The molecule has 0 saturated carbocycles. The highest BCUT2D eigenvalue weighted by Gasteiger charge is 2.15. The molecule has 0 fully saturated rings. The molecule has 5 nitrogen and oxygen atoms in total. The molecule has 2 N–H and O–H groups in total. The SMILES string of the molecule is O=C(NNc1ccccc1)c1ccc(-c2ccc3c(c2)OCCO3)s1. The van der Waals surface area contributed by atoms with E-state index in [0.29, 0.717) is 18.1 Å². The fraction of sp³-hybridized carbons (Fsp3) is 0.105. The van der Waals surface area contributed by atoms with Gasteiger partial charge in [0.05, 0.1) is 10.6 Å². The van der Waals surface area contributed by atoms with Crippen molar-refractivity contribution in [1.82, 2.24) is 5.43 Å². The van der Waals surface area contributed by atoms with E-state index in [1.54, 1.807) is 0 Å². The summed E-state index contributed by atoms with van der Waals surface area (Å²) in [6.45, 7) is 1.13. The van der Waals surface area contributed by atoms with Crippen LogP contribution >= 0.6 is 11.3 Å². The maximum Gasteiger partial charge on any atom is 0.279 e. The van der Waals surface area contributed by atoms with Crippen molar-refractivity contribution in [3.05, 3.63) is 65.5 Å². The van der Waals surface area contributed by atoms with Gasteiger partial charge in [0, 0.05) is 4.88 Å². The number of carbonyl (C=O) groups excluding carboxylic acids is 1. The topological polar surface area (TPSA) is 59.6 Å². The largest absolute Gasteiger partial charge is 0.486 e. The van der Waals surface area contributed by atoms with E-state index in [4.69, 9.17) is 9.47 Å². The zero-order valence-corrected chi connectivity index (χ0v) is 14.1. The predicted molar refractivity (Wildman–Crippen MR) is 98.3 cm³/mol. The Morgan fingerprint density at radius 1 is 0.920 bits per heavy atom. The zero-order valence-electron chi connectivity index (χ0n) is 13.3. The Balaban J connectivity index is 1.47. The summed E-state index contributed by atoms with van der Waals surface area (Å²) in [5.41, 5.74) is 7.45. The van der Waals surface area contributed by atoms with Gasteiger partial charge in [-0.1, -0.05) is 18.2 Å². The van der Waals surface area contributed by atoms with Crippen molar-refractivity contribution >= 4 is 22.9 Å². The van der Waals surface area contributed by atoms with Crippen molar-refractivity contribution in [3.8, 4) is 21.9 Å². The van der Waals surface area contributed by atoms with Gasteiger partial charge in [0.2, 0.25) is 0 Å². The number of ether oxygens (including phenoxy) is 2. The lowest BCUT2D eigenvalue weighted by molar-refractivity contribution is 0.0966. The number of hydrogen-bond donors (Lipinski definition) is 2. The molecule has 1 aliphatic heterocycles. The van der Waals surface area contributed by atoms with E-state index < -0.39 is 0 Å². The Kier molecular flexibility index (Phi) is 4.26. The molecule has 0 radical (unpaired) electrons. The highest BCUT2D eigenvalue weighted by Crippen LogP contribution is 2.36. The van der Waals surface area contributed by atoms with E-state index in [9.17, 15) is 4.79 Å². The van der Waals surface area contributed by atoms with Crippen LogP contribution in [0, 0.1) is 0 Å². The van der Waals surface area contributed by atoms with Crippen molar-refractivity contribution in [1.29, 1.82) is 0 Å². The number of para-hydroxylation sites is 1. The molecular formula is C19H16N2O3S. The van der Waals surface area contributed by atoms with Crippen LogP contribution in [0.4, 0.5) is 5.69 Å². The molecule has 3 aromatic rings. The second kappa shape index (κ2) is 6.86. The Bertz CT molecular complexity index is 893. The van der Waals surface area contributed by atoms with Crippen LogP contribution in [-0.2, 0) is 0 Å². The van der Waals surface area contributed by atoms with Gasteiger partial charge in [-0.15, -0.1) is 11.3 Å². The standard InChI is InChI=1S/C19H16N2O3S/c22-19(21-20-14-4-2-1-3-5-14)18-9-8-17(25-18)13-6-7-15-16(12-13)24-11-10-23-15/h1-9,12,20H,10-11H2,(H,21,22). The van der Waals surface area contributed by atoms with E-state index in [1.165, 1.54) is 11.3 Å². The van der Waals surface area contributed by atoms with E-state index in [0.717, 1.165) is 27.6 Å². The number of anilines is 1. The summed E-state index contributed by atoms with van der Waals surface area (Å²) in [6.07, 6.45) is 0. The lowest BCUT2D eigenvalue weighted by Gasteiger charge is -2.18. The molecule has 0 bridgehead atoms. The van der Waals surface area contributed by atoms with Gasteiger partial charge in [-0.05, 0) is 48.0 Å². The number of hydrogen-bond acceptors (Lipinski definition) is 5. The van der Waals surface area contributed by atoms with Crippen LogP contribution in [0.3, 0.4) is 0 Å². The summed E-state index contributed by atoms with van der Waals surface area (Å²) in [6, 6.07) is 19.1. The smallest absolute Gasteiger partial charge is 0.279 e. The van der Waals surface area contributed by atoms with Crippen molar-refractivity contribution in [3.63, 3.8) is 0 Å². The minimum atomic E-state index is -0.169. The van der Waals surface area contributed by atoms with Gasteiger partial charge in [-0.2, -0.15) is 0 Å². The van der Waals surface area contributed by atoms with Gasteiger partial charge in [0.15, 0.2) is 11.5 Å². The molecule has 1 aromatic heterocycles. The molecule has 1 amide bonds. The molecule has 0 unspecified atom stereocenters. The first kappa shape index (κ1) is 15.5. The normalized spacial score (nSPS) is 12.5. The van der Waals surface area contributed by atoms with Crippen molar-refractivity contribution < 1.29 is 14.3 Å². The Morgan fingerprint density at radius 2 is 1.72 bits per heavy atom. The van der Waals surface area contributed by atoms with Crippen LogP contribution in [0.1, 0.15) is 9.67 Å². The fourth-order valence-electron chi connectivity index (χ4n) is 2.52. The third-order valence-electron chi connectivity index (χ3n) is 3.75. The van der Waals surface area contributed by atoms with Crippen molar-refractivity contribution in [2.75, 3.05) is 18.6 Å². The number of carbonyl (C=O) groups is 1. The lowest BCUT2D eigenvalue weighted by atomic mass is 10.1. The summed E-state index contributed by atoms with van der Waals surface area (Å²) in [5.74, 6) is 1.34. The van der Waals surface area contributed by atoms with Gasteiger partial charge in [-0.25, -0.2) is 0 Å². The third-order valence-corrected chi connectivity index (χ3v) is 4.88. The second-order valence-electron chi connectivity index (χ2n) is 5.47. The van der Waals surface area contributed by atoms with E-state index >= 15 is 0 Å². The molecule has 0 atom stereocenters. The number of thiophene rings is 1. The van der Waals surface area contributed by atoms with Crippen LogP contribution in [0.2, 0.25) is 0 Å². The van der Waals surface area contributed by atoms with Gasteiger partial charge in [0.25, 0.3) is 5.91 Å². The average molecular weight is 352 g/mol. The van der Waals surface area contributed by atoms with Gasteiger partial charge < -0.3 is 9.47 Å². The number of amides is 1. The van der Waals surface area contributed by atoms with Gasteiger partial charge in [0.1, 0.15) is 13.2 Å². The number of hydrazine groups is 1. The van der Waals surface area contributed by atoms with E-state index in [-0.39, 0.29) is 5.91 Å². The highest BCUT2D eigenvalue weighted by atomic mass is 32.1. The second-order valence-corrected chi connectivity index (χ2v) is 6.55.